The van der Waals surface area contributed by atoms with Gasteiger partial charge in [-0.15, -0.1) is 0 Å². The molecule has 1 rings (SSSR count). The third-order valence-electron chi connectivity index (χ3n) is 1.96. The van der Waals surface area contributed by atoms with E-state index in [9.17, 15) is 9.18 Å². The summed E-state index contributed by atoms with van der Waals surface area (Å²) in [6.07, 6.45) is 0.254. The van der Waals surface area contributed by atoms with Gasteiger partial charge >= 0.3 is 5.97 Å². The first kappa shape index (κ1) is 11.5. The number of para-hydroxylation sites is 1. The largest absolute Gasteiger partial charge is 0.480 e. The van der Waals surface area contributed by atoms with Crippen LogP contribution >= 0.6 is 0 Å². The number of aliphatic carboxylic acids is 1. The number of nitrogens with two attached hydrogens (primary N) is 1. The van der Waals surface area contributed by atoms with E-state index in [1.807, 2.05) is 0 Å². The number of carboxylic acids is 1. The predicted molar refractivity (Wildman–Crippen MR) is 55.1 cm³/mol. The number of nitrogens with one attached hydrogen (secondary N) is 1. The smallest absolute Gasteiger partial charge is 0.320 e. The Kier molecular flexibility index (Phi) is 4.05. The number of hydrogen-bond acceptors (Lipinski definition) is 3. The molecule has 0 aliphatic heterocycles. The third-order valence-corrected chi connectivity index (χ3v) is 1.96. The molecule has 0 spiro atoms. The fourth-order valence-corrected chi connectivity index (χ4v) is 1.09. The van der Waals surface area contributed by atoms with Crippen LogP contribution in [0, 0.1) is 5.82 Å². The monoisotopic (exact) mass is 212 g/mol. The Labute approximate surface area is 86.9 Å². The summed E-state index contributed by atoms with van der Waals surface area (Å²) in [4.78, 5) is 10.4. The van der Waals surface area contributed by atoms with Gasteiger partial charge in [-0.25, -0.2) is 4.39 Å². The lowest BCUT2D eigenvalue weighted by molar-refractivity contribution is -0.138. The Bertz CT molecular complexity index is 344. The molecule has 4 N–H and O–H groups in total. The minimum Gasteiger partial charge on any atom is -0.480 e. The highest BCUT2D eigenvalue weighted by molar-refractivity contribution is 5.73. The lowest BCUT2D eigenvalue weighted by atomic mass is 10.2. The summed E-state index contributed by atoms with van der Waals surface area (Å²) < 4.78 is 13.1. The van der Waals surface area contributed by atoms with E-state index in [1.54, 1.807) is 18.2 Å². The summed E-state index contributed by atoms with van der Waals surface area (Å²) in [6, 6.07) is 5.29. The standard InChI is InChI=1S/C10H13FN2O2/c11-7-3-1-2-4-9(7)13-6-5-8(12)10(14)15/h1-4,8,13H,5-6,12H2,(H,14,15). The second-order valence-corrected chi connectivity index (χ2v) is 3.14. The first-order chi connectivity index (χ1) is 7.11. The molecule has 82 valence electrons. The molecule has 0 saturated carbocycles. The Hall–Kier alpha value is -1.62. The zero-order valence-corrected chi connectivity index (χ0v) is 8.11. The maximum absolute atomic E-state index is 13.1. The summed E-state index contributed by atoms with van der Waals surface area (Å²) in [5.41, 5.74) is 5.64. The van der Waals surface area contributed by atoms with Crippen LogP contribution in [-0.2, 0) is 4.79 Å². The molecule has 0 fully saturated rings. The summed E-state index contributed by atoms with van der Waals surface area (Å²) in [5, 5.41) is 11.3. The molecule has 0 heterocycles. The Balaban J connectivity index is 2.38. The van der Waals surface area contributed by atoms with Gasteiger partial charge < -0.3 is 16.2 Å². The maximum Gasteiger partial charge on any atom is 0.320 e. The van der Waals surface area contributed by atoms with Gasteiger partial charge in [0.05, 0.1) is 5.69 Å². The van der Waals surface area contributed by atoms with Gasteiger partial charge in [-0.05, 0) is 18.6 Å². The normalized spacial score (nSPS) is 12.1. The van der Waals surface area contributed by atoms with Crippen molar-refractivity contribution in [1.29, 1.82) is 0 Å². The zero-order chi connectivity index (χ0) is 11.3. The van der Waals surface area contributed by atoms with Gasteiger partial charge in [0.25, 0.3) is 0 Å². The van der Waals surface area contributed by atoms with Crippen molar-refractivity contribution in [3.8, 4) is 0 Å². The molecule has 5 heteroatoms. The van der Waals surface area contributed by atoms with E-state index in [1.165, 1.54) is 6.07 Å². The number of carbonyl (C=O) groups is 1. The van der Waals surface area contributed by atoms with Crippen LogP contribution in [0.2, 0.25) is 0 Å². The molecule has 1 aromatic carbocycles. The number of hydrogen-bond donors (Lipinski definition) is 3. The molecule has 0 bridgehead atoms. The lowest BCUT2D eigenvalue weighted by Gasteiger charge is -2.09. The maximum atomic E-state index is 13.1. The highest BCUT2D eigenvalue weighted by Crippen LogP contribution is 2.11. The van der Waals surface area contributed by atoms with E-state index in [0.717, 1.165) is 0 Å². The SMILES string of the molecule is NC(CCNc1ccccc1F)C(=O)O. The van der Waals surface area contributed by atoms with E-state index in [4.69, 9.17) is 10.8 Å². The topological polar surface area (TPSA) is 75.3 Å². The summed E-state index contributed by atoms with van der Waals surface area (Å²) in [7, 11) is 0. The highest BCUT2D eigenvalue weighted by atomic mass is 19.1. The first-order valence-corrected chi connectivity index (χ1v) is 4.58. The second-order valence-electron chi connectivity index (χ2n) is 3.14. The molecule has 0 aliphatic carbocycles. The molecule has 0 radical (unpaired) electrons. The molecule has 1 unspecified atom stereocenters. The van der Waals surface area contributed by atoms with Crippen molar-refractivity contribution in [2.45, 2.75) is 12.5 Å². The Morgan fingerprint density at radius 2 is 2.20 bits per heavy atom. The minimum absolute atomic E-state index is 0.254. The van der Waals surface area contributed by atoms with Gasteiger partial charge in [0.1, 0.15) is 11.9 Å². The molecular formula is C10H13FN2O2. The molecule has 4 nitrogen and oxygen atoms in total. The van der Waals surface area contributed by atoms with E-state index < -0.39 is 12.0 Å². The second kappa shape index (κ2) is 5.31. The third kappa shape index (κ3) is 3.55. The van der Waals surface area contributed by atoms with Crippen molar-refractivity contribution in [2.24, 2.45) is 5.73 Å². The quantitative estimate of drug-likeness (QED) is 0.681. The highest BCUT2D eigenvalue weighted by Gasteiger charge is 2.10. The fourth-order valence-electron chi connectivity index (χ4n) is 1.09. The van der Waals surface area contributed by atoms with Gasteiger partial charge in [-0.3, -0.25) is 4.79 Å². The number of benzene rings is 1. The molecule has 1 atom stereocenters. The van der Waals surface area contributed by atoms with Crippen molar-refractivity contribution in [3.63, 3.8) is 0 Å². The van der Waals surface area contributed by atoms with Gasteiger partial charge in [0, 0.05) is 6.54 Å². The van der Waals surface area contributed by atoms with Crippen molar-refractivity contribution in [1.82, 2.24) is 0 Å². The van der Waals surface area contributed by atoms with Crippen LogP contribution < -0.4 is 11.1 Å². The summed E-state index contributed by atoms with van der Waals surface area (Å²) in [5.74, 6) is -1.41. The van der Waals surface area contributed by atoms with Crippen molar-refractivity contribution >= 4 is 11.7 Å². The van der Waals surface area contributed by atoms with E-state index in [0.29, 0.717) is 12.2 Å². The number of carboxylic acid groups (broad SMARTS) is 1. The van der Waals surface area contributed by atoms with Crippen LogP contribution in [-0.4, -0.2) is 23.7 Å². The van der Waals surface area contributed by atoms with Gasteiger partial charge in [-0.1, -0.05) is 12.1 Å². The molecule has 0 amide bonds. The lowest BCUT2D eigenvalue weighted by Crippen LogP contribution is -2.32. The molecule has 0 aromatic heterocycles. The van der Waals surface area contributed by atoms with Crippen molar-refractivity contribution in [2.75, 3.05) is 11.9 Å². The van der Waals surface area contributed by atoms with E-state index in [2.05, 4.69) is 5.32 Å². The van der Waals surface area contributed by atoms with Crippen LogP contribution in [0.15, 0.2) is 24.3 Å². The molecule has 1 aromatic rings. The Morgan fingerprint density at radius 1 is 1.53 bits per heavy atom. The molecular weight excluding hydrogens is 199 g/mol. The van der Waals surface area contributed by atoms with Gasteiger partial charge in [0.15, 0.2) is 0 Å². The van der Waals surface area contributed by atoms with Gasteiger partial charge in [0.2, 0.25) is 0 Å². The average Bonchev–Trinajstić information content (AvgIpc) is 2.20. The minimum atomic E-state index is -1.05. The first-order valence-electron chi connectivity index (χ1n) is 4.58. The summed E-state index contributed by atoms with van der Waals surface area (Å²) in [6.45, 7) is 0.328. The average molecular weight is 212 g/mol. The van der Waals surface area contributed by atoms with Crippen LogP contribution in [0.1, 0.15) is 6.42 Å². The molecule has 15 heavy (non-hydrogen) atoms. The van der Waals surface area contributed by atoms with Crippen LogP contribution in [0.5, 0.6) is 0 Å². The van der Waals surface area contributed by atoms with Crippen molar-refractivity contribution < 1.29 is 14.3 Å². The molecule has 0 aliphatic rings. The number of halogens is 1. The summed E-state index contributed by atoms with van der Waals surface area (Å²) >= 11 is 0. The van der Waals surface area contributed by atoms with Crippen molar-refractivity contribution in [3.05, 3.63) is 30.1 Å². The Morgan fingerprint density at radius 3 is 2.80 bits per heavy atom. The van der Waals surface area contributed by atoms with E-state index >= 15 is 0 Å². The van der Waals surface area contributed by atoms with E-state index in [-0.39, 0.29) is 12.2 Å². The fraction of sp³-hybridized carbons (Fsp3) is 0.300. The van der Waals surface area contributed by atoms with Crippen LogP contribution in [0.3, 0.4) is 0 Å². The number of anilines is 1. The molecule has 0 saturated heterocycles. The van der Waals surface area contributed by atoms with Crippen LogP contribution in [0.25, 0.3) is 0 Å². The van der Waals surface area contributed by atoms with Gasteiger partial charge in [-0.2, -0.15) is 0 Å². The predicted octanol–water partition coefficient (Wildman–Crippen LogP) is 1.04. The van der Waals surface area contributed by atoms with Crippen LogP contribution in [0.4, 0.5) is 10.1 Å². The zero-order valence-electron chi connectivity index (χ0n) is 8.11. The number of rotatable bonds is 5.